The van der Waals surface area contributed by atoms with Crippen molar-refractivity contribution < 1.29 is 9.53 Å². The summed E-state index contributed by atoms with van der Waals surface area (Å²) < 4.78 is 7.04. The molecule has 154 valence electrons. The molecule has 0 spiro atoms. The van der Waals surface area contributed by atoms with Crippen LogP contribution in [-0.4, -0.2) is 22.8 Å². The van der Waals surface area contributed by atoms with E-state index in [0.29, 0.717) is 12.2 Å². The van der Waals surface area contributed by atoms with Crippen molar-refractivity contribution in [3.8, 4) is 11.4 Å². The van der Waals surface area contributed by atoms with E-state index in [1.165, 1.54) is 25.7 Å². The fraction of sp³-hybridized carbons (Fsp3) is 0.565. The van der Waals surface area contributed by atoms with E-state index in [9.17, 15) is 4.79 Å². The molecule has 0 aliphatic rings. The Morgan fingerprint density at radius 2 is 1.71 bits per heavy atom. The van der Waals surface area contributed by atoms with E-state index >= 15 is 0 Å². The topological polar surface area (TPSA) is 56.2 Å². The normalized spacial score (nSPS) is 11.5. The van der Waals surface area contributed by atoms with Gasteiger partial charge in [0.1, 0.15) is 11.6 Å². The van der Waals surface area contributed by atoms with Crippen molar-refractivity contribution >= 4 is 11.7 Å². The lowest BCUT2D eigenvalue weighted by Gasteiger charge is -2.14. The van der Waals surface area contributed by atoms with Crippen LogP contribution in [0.5, 0.6) is 5.75 Å². The number of carbonyl (C=O) groups is 1. The van der Waals surface area contributed by atoms with E-state index in [2.05, 4.69) is 33.0 Å². The molecule has 0 saturated heterocycles. The van der Waals surface area contributed by atoms with Crippen LogP contribution in [0.25, 0.3) is 5.69 Å². The molecule has 1 amide bonds. The third-order valence-corrected chi connectivity index (χ3v) is 4.82. The Hall–Kier alpha value is -2.30. The Bertz CT molecular complexity index is 742. The number of hydrogen-bond donors (Lipinski definition) is 1. The van der Waals surface area contributed by atoms with Gasteiger partial charge in [0, 0.05) is 17.9 Å². The average Bonchev–Trinajstić information content (AvgIpc) is 3.09. The zero-order valence-electron chi connectivity index (χ0n) is 18.0. The van der Waals surface area contributed by atoms with Crippen LogP contribution in [0.2, 0.25) is 0 Å². The minimum absolute atomic E-state index is 0.0469. The number of methoxy groups -OCH3 is 1. The van der Waals surface area contributed by atoms with Gasteiger partial charge < -0.3 is 10.1 Å². The van der Waals surface area contributed by atoms with Crippen molar-refractivity contribution in [2.75, 3.05) is 12.4 Å². The molecule has 0 atom stereocenters. The number of hydrogen-bond acceptors (Lipinski definition) is 3. The number of benzene rings is 1. The summed E-state index contributed by atoms with van der Waals surface area (Å²) in [6.07, 6.45) is 7.58. The number of carbonyl (C=O) groups excluding carboxylic acids is 1. The molecule has 1 aromatic heterocycles. The summed E-state index contributed by atoms with van der Waals surface area (Å²) >= 11 is 0. The summed E-state index contributed by atoms with van der Waals surface area (Å²) in [5, 5.41) is 7.81. The van der Waals surface area contributed by atoms with E-state index in [1.54, 1.807) is 11.8 Å². The van der Waals surface area contributed by atoms with Gasteiger partial charge in [-0.25, -0.2) is 4.68 Å². The zero-order chi connectivity index (χ0) is 20.6. The van der Waals surface area contributed by atoms with E-state index < -0.39 is 0 Å². The first-order valence-electron chi connectivity index (χ1n) is 10.4. The van der Waals surface area contributed by atoms with Gasteiger partial charge in [-0.1, -0.05) is 59.8 Å². The molecule has 1 N–H and O–H groups in total. The number of anilines is 1. The third-order valence-electron chi connectivity index (χ3n) is 4.82. The molecule has 1 heterocycles. The van der Waals surface area contributed by atoms with Gasteiger partial charge in [0.25, 0.3) is 0 Å². The Morgan fingerprint density at radius 1 is 1.07 bits per heavy atom. The predicted molar refractivity (Wildman–Crippen MR) is 115 cm³/mol. The van der Waals surface area contributed by atoms with Crippen LogP contribution in [-0.2, 0) is 10.2 Å². The summed E-state index contributed by atoms with van der Waals surface area (Å²) in [4.78, 5) is 12.5. The monoisotopic (exact) mass is 385 g/mol. The summed E-state index contributed by atoms with van der Waals surface area (Å²) in [5.41, 5.74) is 1.74. The van der Waals surface area contributed by atoms with Crippen molar-refractivity contribution in [2.45, 2.75) is 78.1 Å². The van der Waals surface area contributed by atoms with Gasteiger partial charge in [0.15, 0.2) is 0 Å². The standard InChI is InChI=1S/C23H35N3O2/c1-6-7-8-9-10-11-12-22(27)24-21-17-20(23(2,3)4)25-26(21)18-13-15-19(28-5)16-14-18/h13-17H,6-12H2,1-5H3,(H,24,27). The Kier molecular flexibility index (Phi) is 8.09. The van der Waals surface area contributed by atoms with Gasteiger partial charge in [-0.3, -0.25) is 4.79 Å². The minimum Gasteiger partial charge on any atom is -0.497 e. The molecular weight excluding hydrogens is 350 g/mol. The highest BCUT2D eigenvalue weighted by Crippen LogP contribution is 2.27. The second-order valence-electron chi connectivity index (χ2n) is 8.34. The molecule has 2 rings (SSSR count). The van der Waals surface area contributed by atoms with Crippen LogP contribution in [0, 0.1) is 0 Å². The van der Waals surface area contributed by atoms with E-state index in [-0.39, 0.29) is 11.3 Å². The number of amides is 1. The van der Waals surface area contributed by atoms with Crippen molar-refractivity contribution in [3.63, 3.8) is 0 Å². The molecule has 0 fully saturated rings. The first-order chi connectivity index (χ1) is 13.3. The molecular formula is C23H35N3O2. The second kappa shape index (κ2) is 10.3. The molecule has 0 unspecified atom stereocenters. The summed E-state index contributed by atoms with van der Waals surface area (Å²) in [7, 11) is 1.65. The molecule has 0 bridgehead atoms. The molecule has 2 aromatic rings. The van der Waals surface area contributed by atoms with Crippen LogP contribution in [0.4, 0.5) is 5.82 Å². The maximum atomic E-state index is 12.5. The number of aromatic nitrogens is 2. The number of ether oxygens (including phenoxy) is 1. The van der Waals surface area contributed by atoms with E-state index in [1.807, 2.05) is 30.3 Å². The smallest absolute Gasteiger partial charge is 0.225 e. The van der Waals surface area contributed by atoms with Gasteiger partial charge in [-0.2, -0.15) is 5.10 Å². The SMILES string of the molecule is CCCCCCCCC(=O)Nc1cc(C(C)(C)C)nn1-c1ccc(OC)cc1. The molecule has 5 nitrogen and oxygen atoms in total. The molecule has 5 heteroatoms. The third kappa shape index (κ3) is 6.39. The first kappa shape index (κ1) is 22.0. The van der Waals surface area contributed by atoms with Crippen LogP contribution >= 0.6 is 0 Å². The lowest BCUT2D eigenvalue weighted by molar-refractivity contribution is -0.116. The Labute approximate surface area is 169 Å². The summed E-state index contributed by atoms with van der Waals surface area (Å²) in [6.45, 7) is 8.58. The van der Waals surface area contributed by atoms with Crippen LogP contribution in [0.1, 0.15) is 78.3 Å². The second-order valence-corrected chi connectivity index (χ2v) is 8.34. The lowest BCUT2D eigenvalue weighted by atomic mass is 9.92. The quantitative estimate of drug-likeness (QED) is 0.521. The zero-order valence-corrected chi connectivity index (χ0v) is 18.0. The van der Waals surface area contributed by atoms with E-state index in [0.717, 1.165) is 30.0 Å². The summed E-state index contributed by atoms with van der Waals surface area (Å²) in [5.74, 6) is 1.55. The number of nitrogens with zero attached hydrogens (tertiary/aromatic N) is 2. The molecule has 1 aromatic carbocycles. The highest BCUT2D eigenvalue weighted by atomic mass is 16.5. The van der Waals surface area contributed by atoms with Crippen molar-refractivity contribution in [1.82, 2.24) is 9.78 Å². The lowest BCUT2D eigenvalue weighted by Crippen LogP contribution is -2.14. The molecule has 28 heavy (non-hydrogen) atoms. The highest BCUT2D eigenvalue weighted by Gasteiger charge is 2.21. The van der Waals surface area contributed by atoms with Crippen LogP contribution < -0.4 is 10.1 Å². The number of rotatable bonds is 10. The Morgan fingerprint density at radius 3 is 2.32 bits per heavy atom. The molecule has 0 aliphatic carbocycles. The van der Waals surface area contributed by atoms with Crippen molar-refractivity contribution in [1.29, 1.82) is 0 Å². The van der Waals surface area contributed by atoms with Crippen molar-refractivity contribution in [2.24, 2.45) is 0 Å². The van der Waals surface area contributed by atoms with E-state index in [4.69, 9.17) is 9.84 Å². The summed E-state index contributed by atoms with van der Waals surface area (Å²) in [6, 6.07) is 9.66. The predicted octanol–water partition coefficient (Wildman–Crippen LogP) is 5.87. The molecule has 0 aliphatic heterocycles. The van der Waals surface area contributed by atoms with Gasteiger partial charge in [-0.15, -0.1) is 0 Å². The number of unbranched alkanes of at least 4 members (excludes halogenated alkanes) is 5. The van der Waals surface area contributed by atoms with Gasteiger partial charge in [0.2, 0.25) is 5.91 Å². The van der Waals surface area contributed by atoms with Crippen LogP contribution in [0.3, 0.4) is 0 Å². The van der Waals surface area contributed by atoms with Crippen molar-refractivity contribution in [3.05, 3.63) is 36.0 Å². The Balaban J connectivity index is 2.09. The minimum atomic E-state index is -0.101. The molecule has 0 radical (unpaired) electrons. The highest BCUT2D eigenvalue weighted by molar-refractivity contribution is 5.90. The fourth-order valence-electron chi connectivity index (χ4n) is 3.03. The fourth-order valence-corrected chi connectivity index (χ4v) is 3.03. The van der Waals surface area contributed by atoms with Gasteiger partial charge >= 0.3 is 0 Å². The maximum absolute atomic E-state index is 12.5. The van der Waals surface area contributed by atoms with Gasteiger partial charge in [-0.05, 0) is 30.7 Å². The van der Waals surface area contributed by atoms with Gasteiger partial charge in [0.05, 0.1) is 18.5 Å². The molecule has 0 saturated carbocycles. The maximum Gasteiger partial charge on any atom is 0.225 e. The number of nitrogens with one attached hydrogen (secondary N) is 1. The van der Waals surface area contributed by atoms with Crippen LogP contribution in [0.15, 0.2) is 30.3 Å². The first-order valence-corrected chi connectivity index (χ1v) is 10.4. The average molecular weight is 386 g/mol. The largest absolute Gasteiger partial charge is 0.497 e.